The summed E-state index contributed by atoms with van der Waals surface area (Å²) in [5.41, 5.74) is 1.89. The molecule has 1 aliphatic heterocycles. The third kappa shape index (κ3) is 3.22. The van der Waals surface area contributed by atoms with Crippen molar-refractivity contribution in [1.29, 1.82) is 0 Å². The number of hydrogen-bond acceptors (Lipinski definition) is 2. The normalized spacial score (nSPS) is 21.6. The lowest BCUT2D eigenvalue weighted by atomic mass is 9.90. The molecule has 0 N–H and O–H groups in total. The van der Waals surface area contributed by atoms with Crippen LogP contribution in [0, 0.1) is 0 Å². The lowest BCUT2D eigenvalue weighted by Gasteiger charge is -2.32. The first-order valence-corrected chi connectivity index (χ1v) is 7.08. The molecule has 0 atom stereocenters. The lowest BCUT2D eigenvalue weighted by Crippen LogP contribution is -2.41. The van der Waals surface area contributed by atoms with Gasteiger partial charge < -0.3 is 9.31 Å². The minimum Gasteiger partial charge on any atom is -0.400 e. The Bertz CT molecular complexity index is 499. The smallest absolute Gasteiger partial charge is 0.400 e. The standard InChI is InChI=1S/C17H23BO2/c1-14(15-11-7-6-8-12-15)10-9-13-18-19-16(2,3)17(4,5)20-18/h6-13H,1-5H3/b13-9+,14-10-. The number of rotatable bonds is 3. The molecule has 0 saturated carbocycles. The zero-order chi connectivity index (χ0) is 14.8. The van der Waals surface area contributed by atoms with E-state index in [4.69, 9.17) is 9.31 Å². The molecule has 20 heavy (non-hydrogen) atoms. The molecule has 1 saturated heterocycles. The Hall–Kier alpha value is -1.32. The zero-order valence-corrected chi connectivity index (χ0v) is 13.0. The lowest BCUT2D eigenvalue weighted by molar-refractivity contribution is 0.00578. The first kappa shape index (κ1) is 15.1. The van der Waals surface area contributed by atoms with Gasteiger partial charge in [-0.15, -0.1) is 0 Å². The minimum atomic E-state index is -0.278. The molecule has 1 aromatic rings. The van der Waals surface area contributed by atoms with Gasteiger partial charge in [0.2, 0.25) is 0 Å². The highest BCUT2D eigenvalue weighted by Gasteiger charge is 2.49. The van der Waals surface area contributed by atoms with Gasteiger partial charge in [-0.2, -0.15) is 0 Å². The van der Waals surface area contributed by atoms with Gasteiger partial charge in [-0.25, -0.2) is 0 Å². The molecule has 0 radical (unpaired) electrons. The largest absolute Gasteiger partial charge is 0.487 e. The molecule has 0 aromatic heterocycles. The van der Waals surface area contributed by atoms with Gasteiger partial charge in [0, 0.05) is 0 Å². The summed E-state index contributed by atoms with van der Waals surface area (Å²) >= 11 is 0. The maximum absolute atomic E-state index is 5.91. The monoisotopic (exact) mass is 270 g/mol. The molecule has 1 heterocycles. The first-order valence-electron chi connectivity index (χ1n) is 7.08. The topological polar surface area (TPSA) is 18.5 Å². The number of allylic oxidation sites excluding steroid dienone is 3. The van der Waals surface area contributed by atoms with Crippen molar-refractivity contribution in [3.8, 4) is 0 Å². The molecule has 3 heteroatoms. The molecule has 0 aliphatic carbocycles. The predicted molar refractivity (Wildman–Crippen MR) is 85.3 cm³/mol. The highest BCUT2D eigenvalue weighted by atomic mass is 16.7. The van der Waals surface area contributed by atoms with Gasteiger partial charge in [-0.1, -0.05) is 48.5 Å². The van der Waals surface area contributed by atoms with Crippen LogP contribution in [0.2, 0.25) is 0 Å². The molecule has 1 aromatic carbocycles. The zero-order valence-electron chi connectivity index (χ0n) is 13.0. The van der Waals surface area contributed by atoms with Crippen molar-refractivity contribution in [3.63, 3.8) is 0 Å². The molecule has 2 rings (SSSR count). The highest BCUT2D eigenvalue weighted by molar-refractivity contribution is 6.51. The third-order valence-corrected chi connectivity index (χ3v) is 4.12. The molecule has 0 bridgehead atoms. The van der Waals surface area contributed by atoms with Crippen LogP contribution in [0.3, 0.4) is 0 Å². The highest BCUT2D eigenvalue weighted by Crippen LogP contribution is 2.36. The summed E-state index contributed by atoms with van der Waals surface area (Å²) in [5, 5.41) is 0. The summed E-state index contributed by atoms with van der Waals surface area (Å²) in [6.45, 7) is 10.3. The van der Waals surface area contributed by atoms with Gasteiger partial charge in [-0.3, -0.25) is 0 Å². The summed E-state index contributed by atoms with van der Waals surface area (Å²) in [5.74, 6) is 1.96. The minimum absolute atomic E-state index is 0.278. The second kappa shape index (κ2) is 5.59. The van der Waals surface area contributed by atoms with Crippen molar-refractivity contribution < 1.29 is 9.31 Å². The van der Waals surface area contributed by atoms with Gasteiger partial charge in [0.25, 0.3) is 0 Å². The van der Waals surface area contributed by atoms with Gasteiger partial charge in [-0.05, 0) is 45.8 Å². The van der Waals surface area contributed by atoms with Crippen molar-refractivity contribution in [1.82, 2.24) is 0 Å². The van der Waals surface area contributed by atoms with E-state index >= 15 is 0 Å². The maximum Gasteiger partial charge on any atom is 0.487 e. The average Bonchev–Trinajstić information content (AvgIpc) is 2.58. The Balaban J connectivity index is 2.02. The molecule has 2 nitrogen and oxygen atoms in total. The van der Waals surface area contributed by atoms with E-state index in [2.05, 4.69) is 52.8 Å². The van der Waals surface area contributed by atoms with E-state index < -0.39 is 0 Å². The second-order valence-corrected chi connectivity index (χ2v) is 6.23. The summed E-state index contributed by atoms with van der Waals surface area (Å²) < 4.78 is 11.8. The third-order valence-electron chi connectivity index (χ3n) is 4.12. The molecular weight excluding hydrogens is 247 g/mol. The van der Waals surface area contributed by atoms with Crippen molar-refractivity contribution in [2.75, 3.05) is 0 Å². The molecule has 0 amide bonds. The molecule has 0 unspecified atom stereocenters. The average molecular weight is 270 g/mol. The fraction of sp³-hybridized carbons (Fsp3) is 0.412. The Kier molecular flexibility index (Phi) is 4.21. The summed E-state index contributed by atoms with van der Waals surface area (Å²) in [6, 6.07) is 10.3. The molecule has 106 valence electrons. The van der Waals surface area contributed by atoms with Gasteiger partial charge in [0.05, 0.1) is 11.2 Å². The van der Waals surface area contributed by atoms with E-state index in [1.807, 2.05) is 30.3 Å². The SMILES string of the molecule is C/C(=C/C=C/B1OC(C)(C)C(C)(C)O1)c1ccccc1. The molecular formula is C17H23BO2. The van der Waals surface area contributed by atoms with Crippen molar-refractivity contribution in [2.24, 2.45) is 0 Å². The molecule has 1 aliphatic rings. The van der Waals surface area contributed by atoms with E-state index in [1.165, 1.54) is 11.1 Å². The van der Waals surface area contributed by atoms with Crippen LogP contribution in [0.1, 0.15) is 40.2 Å². The fourth-order valence-corrected chi connectivity index (χ4v) is 2.06. The predicted octanol–water partition coefficient (Wildman–Crippen LogP) is 4.28. The van der Waals surface area contributed by atoms with E-state index in [1.54, 1.807) is 0 Å². The number of hydrogen-bond donors (Lipinski definition) is 0. The van der Waals surface area contributed by atoms with Crippen LogP contribution in [0.25, 0.3) is 5.57 Å². The first-order chi connectivity index (χ1) is 9.32. The van der Waals surface area contributed by atoms with Crippen LogP contribution in [0.5, 0.6) is 0 Å². The maximum atomic E-state index is 5.91. The van der Waals surface area contributed by atoms with Gasteiger partial charge in [0.1, 0.15) is 0 Å². The van der Waals surface area contributed by atoms with E-state index in [0.29, 0.717) is 0 Å². The molecule has 1 fully saturated rings. The Morgan fingerprint density at radius 2 is 1.55 bits per heavy atom. The van der Waals surface area contributed by atoms with Crippen LogP contribution >= 0.6 is 0 Å². The van der Waals surface area contributed by atoms with Crippen LogP contribution in [-0.2, 0) is 9.31 Å². The van der Waals surface area contributed by atoms with E-state index in [-0.39, 0.29) is 18.3 Å². The molecule has 0 spiro atoms. The van der Waals surface area contributed by atoms with E-state index in [9.17, 15) is 0 Å². The van der Waals surface area contributed by atoms with Crippen LogP contribution < -0.4 is 0 Å². The summed E-state index contributed by atoms with van der Waals surface area (Å²) in [4.78, 5) is 0. The van der Waals surface area contributed by atoms with Crippen molar-refractivity contribution in [2.45, 2.75) is 45.8 Å². The van der Waals surface area contributed by atoms with E-state index in [0.717, 1.165) is 0 Å². The van der Waals surface area contributed by atoms with Crippen LogP contribution in [0.15, 0.2) is 48.5 Å². The van der Waals surface area contributed by atoms with Crippen molar-refractivity contribution in [3.05, 3.63) is 54.0 Å². The van der Waals surface area contributed by atoms with Gasteiger partial charge >= 0.3 is 7.12 Å². The number of benzene rings is 1. The Morgan fingerprint density at radius 3 is 2.10 bits per heavy atom. The van der Waals surface area contributed by atoms with Gasteiger partial charge in [0.15, 0.2) is 0 Å². The second-order valence-electron chi connectivity index (χ2n) is 6.23. The van der Waals surface area contributed by atoms with Crippen LogP contribution in [0.4, 0.5) is 0 Å². The summed E-state index contributed by atoms with van der Waals surface area (Å²) in [6.07, 6.45) is 4.09. The Morgan fingerprint density at radius 1 is 1.00 bits per heavy atom. The summed E-state index contributed by atoms with van der Waals surface area (Å²) in [7, 11) is -0.278. The fourth-order valence-electron chi connectivity index (χ4n) is 2.06. The van der Waals surface area contributed by atoms with Crippen LogP contribution in [-0.4, -0.2) is 18.3 Å². The van der Waals surface area contributed by atoms with Crippen molar-refractivity contribution >= 4 is 12.7 Å². The Labute approximate surface area is 122 Å². The quantitative estimate of drug-likeness (QED) is 0.603.